The van der Waals surface area contributed by atoms with E-state index >= 15 is 0 Å². The van der Waals surface area contributed by atoms with Crippen molar-refractivity contribution in [3.63, 3.8) is 0 Å². The number of aromatic amines is 1. The number of likely N-dealkylation sites (tertiary alicyclic amines) is 1. The second-order valence-electron chi connectivity index (χ2n) is 8.76. The molecule has 0 aliphatic carbocycles. The van der Waals surface area contributed by atoms with Gasteiger partial charge in [0, 0.05) is 43.9 Å². The van der Waals surface area contributed by atoms with Crippen LogP contribution in [0.5, 0.6) is 0 Å². The molecule has 2 amide bonds. The fraction of sp³-hybridized carbons (Fsp3) is 0.417. The molecule has 1 aliphatic heterocycles. The van der Waals surface area contributed by atoms with Crippen LogP contribution in [0.15, 0.2) is 34.9 Å². The van der Waals surface area contributed by atoms with Crippen LogP contribution in [0, 0.1) is 20.8 Å². The molecule has 0 unspecified atom stereocenters. The number of rotatable bonds is 6. The molecule has 9 heteroatoms. The summed E-state index contributed by atoms with van der Waals surface area (Å²) in [6.45, 7) is 6.27. The summed E-state index contributed by atoms with van der Waals surface area (Å²) < 4.78 is 5.13. The molecule has 9 nitrogen and oxygen atoms in total. The number of carbonyl (C=O) groups excluding carboxylic acids is 2. The van der Waals surface area contributed by atoms with E-state index < -0.39 is 12.1 Å². The summed E-state index contributed by atoms with van der Waals surface area (Å²) in [5.41, 5.74) is 5.77. The standard InChI is InChI=1S/C24H29N5O4/c1-14-9-20(33-27-14)11-22(31)29-13-19(30)10-21(29)24(32)28(4)12-17-5-7-18(8-6-17)23-15(2)25-26-16(23)3/h5-9,19,21,30H,10-13H2,1-4H3,(H,25,26)/t19-,21+/m1/s1. The van der Waals surface area contributed by atoms with Crippen molar-refractivity contribution in [2.45, 2.75) is 52.3 Å². The molecule has 3 aromatic rings. The monoisotopic (exact) mass is 451 g/mol. The van der Waals surface area contributed by atoms with Gasteiger partial charge >= 0.3 is 0 Å². The zero-order valence-corrected chi connectivity index (χ0v) is 19.3. The summed E-state index contributed by atoms with van der Waals surface area (Å²) in [6.07, 6.45) is -0.494. The molecule has 1 saturated heterocycles. The number of aromatic nitrogens is 3. The van der Waals surface area contributed by atoms with Gasteiger partial charge in [0.1, 0.15) is 11.8 Å². The van der Waals surface area contributed by atoms with Gasteiger partial charge in [-0.15, -0.1) is 0 Å². The van der Waals surface area contributed by atoms with Gasteiger partial charge in [0.05, 0.1) is 23.9 Å². The van der Waals surface area contributed by atoms with Crippen LogP contribution in [-0.2, 0) is 22.6 Å². The maximum atomic E-state index is 13.2. The van der Waals surface area contributed by atoms with Crippen LogP contribution in [0.3, 0.4) is 0 Å². The number of aliphatic hydroxyl groups excluding tert-OH is 1. The first-order valence-corrected chi connectivity index (χ1v) is 11.0. The Kier molecular flexibility index (Phi) is 6.33. The topological polar surface area (TPSA) is 116 Å². The molecule has 33 heavy (non-hydrogen) atoms. The van der Waals surface area contributed by atoms with Crippen LogP contribution in [0.25, 0.3) is 11.1 Å². The second kappa shape index (κ2) is 9.19. The Morgan fingerprint density at radius 3 is 2.58 bits per heavy atom. The third-order valence-corrected chi connectivity index (χ3v) is 6.05. The van der Waals surface area contributed by atoms with Crippen LogP contribution in [-0.4, -0.2) is 67.8 Å². The Morgan fingerprint density at radius 2 is 1.97 bits per heavy atom. The second-order valence-corrected chi connectivity index (χ2v) is 8.76. The van der Waals surface area contributed by atoms with Crippen LogP contribution < -0.4 is 0 Å². The molecule has 1 aliphatic rings. The number of nitrogens with one attached hydrogen (secondary N) is 1. The molecule has 2 N–H and O–H groups in total. The SMILES string of the molecule is Cc1cc(CC(=O)N2C[C@H](O)C[C@H]2C(=O)N(C)Cc2ccc(-c3c(C)n[nH]c3C)cc2)on1. The fourth-order valence-corrected chi connectivity index (χ4v) is 4.43. The van der Waals surface area contributed by atoms with E-state index in [1.54, 1.807) is 24.9 Å². The minimum absolute atomic E-state index is 0.00929. The van der Waals surface area contributed by atoms with Crippen molar-refractivity contribution in [3.8, 4) is 11.1 Å². The first-order chi connectivity index (χ1) is 15.7. The van der Waals surface area contributed by atoms with Gasteiger partial charge in [-0.2, -0.15) is 5.10 Å². The number of nitrogens with zero attached hydrogens (tertiary/aromatic N) is 4. The Morgan fingerprint density at radius 1 is 1.24 bits per heavy atom. The molecular weight excluding hydrogens is 422 g/mol. The number of aliphatic hydroxyl groups is 1. The average molecular weight is 452 g/mol. The Bertz CT molecular complexity index is 1130. The maximum Gasteiger partial charge on any atom is 0.245 e. The predicted octanol–water partition coefficient (Wildman–Crippen LogP) is 2.15. The normalized spacial score (nSPS) is 18.0. The third kappa shape index (κ3) is 4.83. The smallest absolute Gasteiger partial charge is 0.245 e. The van der Waals surface area contributed by atoms with Crippen molar-refractivity contribution in [1.82, 2.24) is 25.2 Å². The minimum atomic E-state index is -0.728. The van der Waals surface area contributed by atoms with E-state index in [1.807, 2.05) is 38.1 Å². The lowest BCUT2D eigenvalue weighted by Gasteiger charge is -2.27. The van der Waals surface area contributed by atoms with Crippen molar-refractivity contribution in [2.75, 3.05) is 13.6 Å². The summed E-state index contributed by atoms with van der Waals surface area (Å²) >= 11 is 0. The summed E-state index contributed by atoms with van der Waals surface area (Å²) in [6, 6.07) is 9.02. The van der Waals surface area contributed by atoms with Gasteiger partial charge in [0.25, 0.3) is 0 Å². The van der Waals surface area contributed by atoms with E-state index in [0.29, 0.717) is 18.0 Å². The van der Waals surface area contributed by atoms with Crippen LogP contribution in [0.2, 0.25) is 0 Å². The molecule has 2 aromatic heterocycles. The Labute approximate surface area is 192 Å². The van der Waals surface area contributed by atoms with Crippen molar-refractivity contribution < 1.29 is 19.2 Å². The van der Waals surface area contributed by atoms with Crippen LogP contribution in [0.1, 0.15) is 34.8 Å². The number of hydrogen-bond acceptors (Lipinski definition) is 6. The molecular formula is C24H29N5O4. The zero-order valence-electron chi connectivity index (χ0n) is 19.3. The van der Waals surface area contributed by atoms with E-state index in [0.717, 1.165) is 28.1 Å². The van der Waals surface area contributed by atoms with Gasteiger partial charge < -0.3 is 19.4 Å². The van der Waals surface area contributed by atoms with Crippen LogP contribution in [0.4, 0.5) is 0 Å². The molecule has 2 atom stereocenters. The highest BCUT2D eigenvalue weighted by Crippen LogP contribution is 2.26. The number of amides is 2. The molecule has 1 aromatic carbocycles. The summed E-state index contributed by atoms with van der Waals surface area (Å²) in [5.74, 6) is -0.00876. The van der Waals surface area contributed by atoms with Crippen molar-refractivity contribution in [2.24, 2.45) is 0 Å². The molecule has 0 radical (unpaired) electrons. The van der Waals surface area contributed by atoms with E-state index in [2.05, 4.69) is 15.4 Å². The van der Waals surface area contributed by atoms with E-state index in [4.69, 9.17) is 4.52 Å². The molecule has 3 heterocycles. The lowest BCUT2D eigenvalue weighted by molar-refractivity contribution is -0.143. The number of β-amino-alcohol motifs (C(OH)–C–C–N with tert-alkyl or cyclic N) is 1. The summed E-state index contributed by atoms with van der Waals surface area (Å²) in [7, 11) is 1.72. The average Bonchev–Trinajstić information content (AvgIpc) is 3.47. The van der Waals surface area contributed by atoms with Gasteiger partial charge in [-0.05, 0) is 31.9 Å². The molecule has 0 saturated carbocycles. The van der Waals surface area contributed by atoms with Crippen molar-refractivity contribution in [1.29, 1.82) is 0 Å². The number of likely N-dealkylation sites (N-methyl/N-ethyl adjacent to an activating group) is 1. The quantitative estimate of drug-likeness (QED) is 0.593. The number of hydrogen-bond donors (Lipinski definition) is 2. The number of benzene rings is 1. The Hall–Kier alpha value is -3.46. The Balaban J connectivity index is 1.42. The largest absolute Gasteiger partial charge is 0.391 e. The number of carbonyl (C=O) groups is 2. The van der Waals surface area contributed by atoms with Gasteiger partial charge in [-0.1, -0.05) is 29.4 Å². The van der Waals surface area contributed by atoms with E-state index in [-0.39, 0.29) is 31.2 Å². The predicted molar refractivity (Wildman–Crippen MR) is 121 cm³/mol. The molecule has 1 fully saturated rings. The summed E-state index contributed by atoms with van der Waals surface area (Å²) in [5, 5.41) is 21.2. The molecule has 0 spiro atoms. The molecule has 174 valence electrons. The fourth-order valence-electron chi connectivity index (χ4n) is 4.43. The van der Waals surface area contributed by atoms with Gasteiger partial charge in [-0.3, -0.25) is 14.7 Å². The van der Waals surface area contributed by atoms with Gasteiger partial charge in [0.2, 0.25) is 11.8 Å². The zero-order chi connectivity index (χ0) is 23.7. The lowest BCUT2D eigenvalue weighted by atomic mass is 10.0. The highest BCUT2D eigenvalue weighted by atomic mass is 16.5. The third-order valence-electron chi connectivity index (χ3n) is 6.05. The lowest BCUT2D eigenvalue weighted by Crippen LogP contribution is -2.46. The van der Waals surface area contributed by atoms with Crippen LogP contribution >= 0.6 is 0 Å². The number of aryl methyl sites for hydroxylation is 3. The van der Waals surface area contributed by atoms with Crippen molar-refractivity contribution >= 4 is 11.8 Å². The minimum Gasteiger partial charge on any atom is -0.391 e. The van der Waals surface area contributed by atoms with E-state index in [9.17, 15) is 14.7 Å². The molecule has 4 rings (SSSR count). The first kappa shape index (κ1) is 22.7. The van der Waals surface area contributed by atoms with E-state index in [1.165, 1.54) is 4.90 Å². The first-order valence-electron chi connectivity index (χ1n) is 11.0. The molecule has 0 bridgehead atoms. The highest BCUT2D eigenvalue weighted by Gasteiger charge is 2.40. The summed E-state index contributed by atoms with van der Waals surface area (Å²) in [4.78, 5) is 29.1. The van der Waals surface area contributed by atoms with Gasteiger partial charge in [-0.25, -0.2) is 0 Å². The highest BCUT2D eigenvalue weighted by molar-refractivity contribution is 5.89. The maximum absolute atomic E-state index is 13.2. The number of H-pyrrole nitrogens is 1. The van der Waals surface area contributed by atoms with Crippen molar-refractivity contribution in [3.05, 3.63) is 58.7 Å². The van der Waals surface area contributed by atoms with Gasteiger partial charge in [0.15, 0.2) is 0 Å².